The molecule has 0 radical (unpaired) electrons. The maximum Gasteiger partial charge on any atom is 0.127 e. The number of ether oxygens (including phenoxy) is 2. The van der Waals surface area contributed by atoms with Crippen LogP contribution in [0.5, 0.6) is 11.5 Å². The maximum absolute atomic E-state index is 6.00. The van der Waals surface area contributed by atoms with Gasteiger partial charge in [0.15, 0.2) is 0 Å². The minimum atomic E-state index is 0.0249. The first kappa shape index (κ1) is 17.7. The third-order valence-electron chi connectivity index (χ3n) is 4.01. The first-order chi connectivity index (χ1) is 12.0. The van der Waals surface area contributed by atoms with E-state index in [1.54, 1.807) is 11.3 Å². The lowest BCUT2D eigenvalue weighted by Crippen LogP contribution is -2.23. The quantitative estimate of drug-likeness (QED) is 0.494. The van der Waals surface area contributed by atoms with Crippen LogP contribution in [0.1, 0.15) is 29.9 Å². The van der Waals surface area contributed by atoms with Gasteiger partial charge >= 0.3 is 0 Å². The van der Waals surface area contributed by atoms with E-state index in [0.717, 1.165) is 17.1 Å². The van der Waals surface area contributed by atoms with Crippen molar-refractivity contribution in [2.45, 2.75) is 32.8 Å². The van der Waals surface area contributed by atoms with Crippen molar-refractivity contribution in [3.05, 3.63) is 82.0 Å². The molecule has 0 N–H and O–H groups in total. The van der Waals surface area contributed by atoms with Gasteiger partial charge in [-0.1, -0.05) is 44.2 Å². The third kappa shape index (κ3) is 4.94. The summed E-state index contributed by atoms with van der Waals surface area (Å²) in [4.78, 5) is 1.37. The number of para-hydroxylation sites is 1. The molecule has 0 saturated heterocycles. The molecule has 0 fully saturated rings. The van der Waals surface area contributed by atoms with E-state index in [9.17, 15) is 0 Å². The lowest BCUT2D eigenvalue weighted by atomic mass is 9.92. The minimum absolute atomic E-state index is 0.0249. The number of rotatable bonds is 7. The summed E-state index contributed by atoms with van der Waals surface area (Å²) in [5.74, 6) is 1.68. The number of benzene rings is 2. The van der Waals surface area contributed by atoms with Crippen molar-refractivity contribution in [2.24, 2.45) is 0 Å². The van der Waals surface area contributed by atoms with Crippen molar-refractivity contribution in [2.75, 3.05) is 6.61 Å². The first-order valence-electron chi connectivity index (χ1n) is 8.48. The Kier molecular flexibility index (Phi) is 5.57. The molecule has 0 aliphatic heterocycles. The zero-order valence-electron chi connectivity index (χ0n) is 15.0. The Morgan fingerprint density at radius 1 is 0.920 bits per heavy atom. The number of hydrogen-bond donors (Lipinski definition) is 0. The van der Waals surface area contributed by atoms with Crippen LogP contribution in [0.3, 0.4) is 0 Å². The first-order valence-corrected chi connectivity index (χ1v) is 9.36. The Morgan fingerprint density at radius 3 is 2.40 bits per heavy atom. The summed E-state index contributed by atoms with van der Waals surface area (Å²) in [5.41, 5.74) is 2.46. The highest BCUT2D eigenvalue weighted by atomic mass is 32.1. The van der Waals surface area contributed by atoms with Gasteiger partial charge in [-0.25, -0.2) is 0 Å². The van der Waals surface area contributed by atoms with Crippen LogP contribution in [0.25, 0.3) is 0 Å². The Balaban J connectivity index is 1.57. The zero-order chi connectivity index (χ0) is 17.7. The molecule has 2 aromatic carbocycles. The van der Waals surface area contributed by atoms with Gasteiger partial charge in [0.25, 0.3) is 0 Å². The van der Waals surface area contributed by atoms with Crippen LogP contribution < -0.4 is 4.74 Å². The smallest absolute Gasteiger partial charge is 0.127 e. The fourth-order valence-electron chi connectivity index (χ4n) is 2.60. The van der Waals surface area contributed by atoms with Crippen molar-refractivity contribution in [3.63, 3.8) is 0 Å². The number of aryl methyl sites for hydroxylation is 1. The summed E-state index contributed by atoms with van der Waals surface area (Å²) >= 11 is 1.81. The highest BCUT2D eigenvalue weighted by Crippen LogP contribution is 2.30. The molecule has 3 aromatic rings. The standard InChI is InChI=1S/C22H24O2S/c1-17-12-21(25-15-17)22(2,3)16-23-14-18-8-7-11-20(13-18)24-19-9-5-4-6-10-19/h4-13,15H,14,16H2,1-3H3. The lowest BCUT2D eigenvalue weighted by molar-refractivity contribution is 0.0835. The summed E-state index contributed by atoms with van der Waals surface area (Å²) in [5, 5.41) is 2.20. The van der Waals surface area contributed by atoms with Crippen LogP contribution in [-0.2, 0) is 16.8 Å². The summed E-state index contributed by atoms with van der Waals surface area (Å²) in [6.07, 6.45) is 0. The molecule has 0 atom stereocenters. The molecular weight excluding hydrogens is 328 g/mol. The van der Waals surface area contributed by atoms with Gasteiger partial charge in [-0.3, -0.25) is 0 Å². The monoisotopic (exact) mass is 352 g/mol. The van der Waals surface area contributed by atoms with Crippen LogP contribution in [0, 0.1) is 6.92 Å². The van der Waals surface area contributed by atoms with E-state index >= 15 is 0 Å². The summed E-state index contributed by atoms with van der Waals surface area (Å²) in [6, 6.07) is 20.2. The summed E-state index contributed by atoms with van der Waals surface area (Å²) in [7, 11) is 0. The van der Waals surface area contributed by atoms with Gasteiger partial charge in [0.1, 0.15) is 11.5 Å². The van der Waals surface area contributed by atoms with Crippen molar-refractivity contribution in [1.29, 1.82) is 0 Å². The Bertz CT molecular complexity index is 806. The fraction of sp³-hybridized carbons (Fsp3) is 0.273. The van der Waals surface area contributed by atoms with Gasteiger partial charge in [-0.2, -0.15) is 0 Å². The molecule has 0 amide bonds. The van der Waals surface area contributed by atoms with E-state index in [4.69, 9.17) is 9.47 Å². The number of thiophene rings is 1. The second kappa shape index (κ2) is 7.85. The highest BCUT2D eigenvalue weighted by molar-refractivity contribution is 7.10. The molecule has 0 unspecified atom stereocenters. The molecule has 2 nitrogen and oxygen atoms in total. The summed E-state index contributed by atoms with van der Waals surface area (Å²) < 4.78 is 11.9. The van der Waals surface area contributed by atoms with Crippen molar-refractivity contribution in [3.8, 4) is 11.5 Å². The lowest BCUT2D eigenvalue weighted by Gasteiger charge is -2.23. The largest absolute Gasteiger partial charge is 0.457 e. The molecule has 0 aliphatic carbocycles. The molecule has 130 valence electrons. The molecule has 0 bridgehead atoms. The fourth-order valence-corrected chi connectivity index (χ4v) is 3.62. The van der Waals surface area contributed by atoms with E-state index in [0.29, 0.717) is 13.2 Å². The van der Waals surface area contributed by atoms with E-state index in [2.05, 4.69) is 38.3 Å². The molecule has 25 heavy (non-hydrogen) atoms. The van der Waals surface area contributed by atoms with Gasteiger partial charge in [0.05, 0.1) is 13.2 Å². The Morgan fingerprint density at radius 2 is 1.68 bits per heavy atom. The van der Waals surface area contributed by atoms with Crippen LogP contribution in [0.2, 0.25) is 0 Å². The predicted molar refractivity (Wildman–Crippen MR) is 105 cm³/mol. The molecule has 1 aromatic heterocycles. The number of hydrogen-bond acceptors (Lipinski definition) is 3. The minimum Gasteiger partial charge on any atom is -0.457 e. The van der Waals surface area contributed by atoms with Gasteiger partial charge in [-0.15, -0.1) is 11.3 Å². The van der Waals surface area contributed by atoms with Gasteiger partial charge in [0, 0.05) is 10.3 Å². The Labute approximate surface area is 154 Å². The molecule has 0 saturated carbocycles. The molecule has 0 spiro atoms. The van der Waals surface area contributed by atoms with E-state index in [1.807, 2.05) is 48.5 Å². The Hall–Kier alpha value is -2.10. The zero-order valence-corrected chi connectivity index (χ0v) is 15.8. The molecule has 3 rings (SSSR count). The van der Waals surface area contributed by atoms with Gasteiger partial charge in [0.2, 0.25) is 0 Å². The van der Waals surface area contributed by atoms with Crippen molar-refractivity contribution in [1.82, 2.24) is 0 Å². The SMILES string of the molecule is Cc1csc(C(C)(C)COCc2cccc(Oc3ccccc3)c2)c1. The normalized spacial score (nSPS) is 11.5. The van der Waals surface area contributed by atoms with Gasteiger partial charge in [-0.05, 0) is 53.8 Å². The summed E-state index contributed by atoms with van der Waals surface area (Å²) in [6.45, 7) is 7.87. The molecular formula is C22H24O2S. The predicted octanol–water partition coefficient (Wildman–Crippen LogP) is 6.34. The van der Waals surface area contributed by atoms with E-state index in [-0.39, 0.29) is 5.41 Å². The highest BCUT2D eigenvalue weighted by Gasteiger charge is 2.22. The van der Waals surface area contributed by atoms with Crippen LogP contribution in [0.15, 0.2) is 66.0 Å². The van der Waals surface area contributed by atoms with Crippen molar-refractivity contribution < 1.29 is 9.47 Å². The topological polar surface area (TPSA) is 18.5 Å². The maximum atomic E-state index is 6.00. The van der Waals surface area contributed by atoms with Crippen LogP contribution in [0.4, 0.5) is 0 Å². The second-order valence-corrected chi connectivity index (χ2v) is 7.84. The van der Waals surface area contributed by atoms with Crippen LogP contribution >= 0.6 is 11.3 Å². The molecule has 0 aliphatic rings. The third-order valence-corrected chi connectivity index (χ3v) is 5.42. The van der Waals surface area contributed by atoms with E-state index in [1.165, 1.54) is 10.4 Å². The molecule has 3 heteroatoms. The average molecular weight is 352 g/mol. The van der Waals surface area contributed by atoms with Crippen molar-refractivity contribution >= 4 is 11.3 Å². The van der Waals surface area contributed by atoms with Crippen LogP contribution in [-0.4, -0.2) is 6.61 Å². The second-order valence-electron chi connectivity index (χ2n) is 6.93. The van der Waals surface area contributed by atoms with Gasteiger partial charge < -0.3 is 9.47 Å². The average Bonchev–Trinajstić information content (AvgIpc) is 3.03. The molecule has 1 heterocycles. The van der Waals surface area contributed by atoms with E-state index < -0.39 is 0 Å².